The highest BCUT2D eigenvalue weighted by atomic mass is 35.5. The van der Waals surface area contributed by atoms with Crippen LogP contribution in [0.3, 0.4) is 0 Å². The predicted octanol–water partition coefficient (Wildman–Crippen LogP) is 4.49. The zero-order valence-corrected chi connectivity index (χ0v) is 16.3. The number of thiocarbonyl (C=S) groups is 1. The van der Waals surface area contributed by atoms with Gasteiger partial charge in [0.15, 0.2) is 0 Å². The minimum Gasteiger partial charge on any atom is -0.325 e. The van der Waals surface area contributed by atoms with E-state index in [9.17, 15) is 9.59 Å². The van der Waals surface area contributed by atoms with Crippen LogP contribution in [0.1, 0.15) is 11.1 Å². The Morgan fingerprint density at radius 2 is 1.92 bits per heavy atom. The lowest BCUT2D eigenvalue weighted by molar-refractivity contribution is -0.126. The Morgan fingerprint density at radius 1 is 1.23 bits per heavy atom. The number of amides is 2. The molecule has 1 heterocycles. The molecule has 1 aliphatic rings. The molecule has 1 saturated heterocycles. The molecule has 2 amide bonds. The van der Waals surface area contributed by atoms with Crippen molar-refractivity contribution < 1.29 is 9.59 Å². The number of benzene rings is 2. The first kappa shape index (κ1) is 18.6. The van der Waals surface area contributed by atoms with Crippen LogP contribution >= 0.6 is 35.6 Å². The van der Waals surface area contributed by atoms with Crippen molar-refractivity contribution in [1.82, 2.24) is 4.90 Å². The summed E-state index contributed by atoms with van der Waals surface area (Å²) < 4.78 is 0.376. The molecule has 1 fully saturated rings. The molecule has 2 aromatic rings. The van der Waals surface area contributed by atoms with E-state index in [0.717, 1.165) is 11.1 Å². The van der Waals surface area contributed by atoms with Gasteiger partial charge in [-0.3, -0.25) is 14.5 Å². The fourth-order valence-electron chi connectivity index (χ4n) is 2.40. The van der Waals surface area contributed by atoms with Gasteiger partial charge in [-0.15, -0.1) is 0 Å². The predicted molar refractivity (Wildman–Crippen MR) is 111 cm³/mol. The number of rotatable bonds is 4. The smallest absolute Gasteiger partial charge is 0.266 e. The van der Waals surface area contributed by atoms with Crippen LogP contribution in [0.15, 0.2) is 53.4 Å². The molecule has 0 aliphatic carbocycles. The Balaban J connectivity index is 1.70. The Labute approximate surface area is 166 Å². The summed E-state index contributed by atoms with van der Waals surface area (Å²) in [5.41, 5.74) is 2.64. The van der Waals surface area contributed by atoms with Crippen LogP contribution in [0.25, 0.3) is 6.08 Å². The molecule has 1 aliphatic heterocycles. The second-order valence-corrected chi connectivity index (χ2v) is 7.79. The van der Waals surface area contributed by atoms with Gasteiger partial charge in [0.2, 0.25) is 5.91 Å². The molecule has 0 unspecified atom stereocenters. The summed E-state index contributed by atoms with van der Waals surface area (Å²) in [6.45, 7) is 1.85. The molecular weight excluding hydrogens is 388 g/mol. The third-order valence-electron chi connectivity index (χ3n) is 3.78. The molecule has 4 nitrogen and oxygen atoms in total. The summed E-state index contributed by atoms with van der Waals surface area (Å²) in [5.74, 6) is -0.574. The van der Waals surface area contributed by atoms with Gasteiger partial charge >= 0.3 is 0 Å². The first-order chi connectivity index (χ1) is 12.4. The van der Waals surface area contributed by atoms with Gasteiger partial charge in [-0.05, 0) is 48.4 Å². The third-order valence-corrected chi connectivity index (χ3v) is 5.41. The summed E-state index contributed by atoms with van der Waals surface area (Å²) in [7, 11) is 0. The second kappa shape index (κ2) is 8.03. The number of hydrogen-bond donors (Lipinski definition) is 1. The number of hydrogen-bond acceptors (Lipinski definition) is 4. The van der Waals surface area contributed by atoms with Crippen molar-refractivity contribution in [3.05, 3.63) is 69.6 Å². The maximum Gasteiger partial charge on any atom is 0.266 e. The molecule has 0 bridgehead atoms. The normalized spacial score (nSPS) is 15.6. The Morgan fingerprint density at radius 3 is 2.62 bits per heavy atom. The molecule has 26 heavy (non-hydrogen) atoms. The number of halogens is 1. The number of aryl methyl sites for hydroxylation is 1. The maximum absolute atomic E-state index is 12.6. The van der Waals surface area contributed by atoms with Crippen LogP contribution in [-0.4, -0.2) is 27.6 Å². The van der Waals surface area contributed by atoms with Crippen LogP contribution in [0.4, 0.5) is 5.69 Å². The molecule has 2 aromatic carbocycles. The average Bonchev–Trinajstić information content (AvgIpc) is 2.86. The highest BCUT2D eigenvalue weighted by Gasteiger charge is 2.33. The first-order valence-electron chi connectivity index (χ1n) is 7.80. The second-order valence-electron chi connectivity index (χ2n) is 5.68. The standard InChI is InChI=1S/C19H15ClN2O2S2/c1-12-4-2-3-5-13(12)10-16-18(24)22(19(25)26-16)11-17(23)21-15-8-6-14(20)7-9-15/h2-10H,11H2,1H3,(H,21,23)/b16-10-. The molecule has 0 aromatic heterocycles. The molecule has 0 saturated carbocycles. The van der Waals surface area contributed by atoms with Gasteiger partial charge in [0.1, 0.15) is 10.9 Å². The Kier molecular flexibility index (Phi) is 5.76. The van der Waals surface area contributed by atoms with Crippen molar-refractivity contribution in [2.45, 2.75) is 6.92 Å². The Bertz CT molecular complexity index is 910. The molecule has 3 rings (SSSR count). The van der Waals surface area contributed by atoms with Crippen molar-refractivity contribution in [3.63, 3.8) is 0 Å². The number of thioether (sulfide) groups is 1. The number of carbonyl (C=O) groups is 2. The maximum atomic E-state index is 12.6. The number of anilines is 1. The van der Waals surface area contributed by atoms with Gasteiger partial charge in [-0.2, -0.15) is 0 Å². The zero-order chi connectivity index (χ0) is 18.7. The van der Waals surface area contributed by atoms with Gasteiger partial charge in [-0.1, -0.05) is 59.8 Å². The summed E-state index contributed by atoms with van der Waals surface area (Å²) in [6, 6.07) is 14.5. The summed E-state index contributed by atoms with van der Waals surface area (Å²) in [6.07, 6.45) is 1.81. The lowest BCUT2D eigenvalue weighted by atomic mass is 10.1. The van der Waals surface area contributed by atoms with Crippen LogP contribution < -0.4 is 5.32 Å². The summed E-state index contributed by atoms with van der Waals surface area (Å²) >= 11 is 12.3. The third kappa shape index (κ3) is 4.33. The van der Waals surface area contributed by atoms with Crippen LogP contribution in [0.2, 0.25) is 5.02 Å². The SMILES string of the molecule is Cc1ccccc1/C=C1\SC(=S)N(CC(=O)Nc2ccc(Cl)cc2)C1=O. The van der Waals surface area contributed by atoms with Crippen molar-refractivity contribution in [1.29, 1.82) is 0 Å². The molecule has 0 spiro atoms. The van der Waals surface area contributed by atoms with Crippen molar-refractivity contribution in [2.75, 3.05) is 11.9 Å². The van der Waals surface area contributed by atoms with Crippen LogP contribution in [0, 0.1) is 6.92 Å². The van der Waals surface area contributed by atoms with Gasteiger partial charge in [0, 0.05) is 10.7 Å². The van der Waals surface area contributed by atoms with Gasteiger partial charge in [0.25, 0.3) is 5.91 Å². The van der Waals surface area contributed by atoms with Gasteiger partial charge in [-0.25, -0.2) is 0 Å². The summed E-state index contributed by atoms with van der Waals surface area (Å²) in [4.78, 5) is 26.7. The number of nitrogens with one attached hydrogen (secondary N) is 1. The van der Waals surface area contributed by atoms with E-state index in [4.69, 9.17) is 23.8 Å². The average molecular weight is 403 g/mol. The van der Waals surface area contributed by atoms with E-state index >= 15 is 0 Å². The highest BCUT2D eigenvalue weighted by molar-refractivity contribution is 8.26. The van der Waals surface area contributed by atoms with E-state index in [2.05, 4.69) is 5.32 Å². The van der Waals surface area contributed by atoms with E-state index in [1.807, 2.05) is 37.3 Å². The number of carbonyl (C=O) groups excluding carboxylic acids is 2. The quantitative estimate of drug-likeness (QED) is 0.604. The van der Waals surface area contributed by atoms with Crippen molar-refractivity contribution >= 4 is 63.5 Å². The topological polar surface area (TPSA) is 49.4 Å². The van der Waals surface area contributed by atoms with E-state index < -0.39 is 0 Å². The molecule has 7 heteroatoms. The van der Waals surface area contributed by atoms with E-state index in [1.54, 1.807) is 24.3 Å². The van der Waals surface area contributed by atoms with Crippen LogP contribution in [-0.2, 0) is 9.59 Å². The molecule has 0 radical (unpaired) electrons. The Hall–Kier alpha value is -2.15. The lowest BCUT2D eigenvalue weighted by Gasteiger charge is -2.14. The molecule has 0 atom stereocenters. The lowest BCUT2D eigenvalue weighted by Crippen LogP contribution is -2.36. The monoisotopic (exact) mass is 402 g/mol. The zero-order valence-electron chi connectivity index (χ0n) is 13.9. The summed E-state index contributed by atoms with van der Waals surface area (Å²) in [5, 5.41) is 3.32. The fourth-order valence-corrected chi connectivity index (χ4v) is 3.78. The minimum absolute atomic E-state index is 0.127. The molecule has 132 valence electrons. The van der Waals surface area contributed by atoms with Crippen LogP contribution in [0.5, 0.6) is 0 Å². The fraction of sp³-hybridized carbons (Fsp3) is 0.105. The van der Waals surface area contributed by atoms with E-state index in [1.165, 1.54) is 16.7 Å². The largest absolute Gasteiger partial charge is 0.325 e. The van der Waals surface area contributed by atoms with E-state index in [-0.39, 0.29) is 18.4 Å². The molecule has 1 N–H and O–H groups in total. The minimum atomic E-state index is -0.319. The van der Waals surface area contributed by atoms with Crippen molar-refractivity contribution in [2.24, 2.45) is 0 Å². The molecular formula is C19H15ClN2O2S2. The number of nitrogens with zero attached hydrogens (tertiary/aromatic N) is 1. The first-order valence-corrected chi connectivity index (χ1v) is 9.41. The van der Waals surface area contributed by atoms with Gasteiger partial charge < -0.3 is 5.32 Å². The van der Waals surface area contributed by atoms with Crippen molar-refractivity contribution in [3.8, 4) is 0 Å². The van der Waals surface area contributed by atoms with Gasteiger partial charge in [0.05, 0.1) is 4.91 Å². The highest BCUT2D eigenvalue weighted by Crippen LogP contribution is 2.32. The van der Waals surface area contributed by atoms with E-state index in [0.29, 0.717) is 19.9 Å².